The molecule has 0 spiro atoms. The van der Waals surface area contributed by atoms with Crippen molar-refractivity contribution >= 4 is 66.6 Å². The summed E-state index contributed by atoms with van der Waals surface area (Å²) in [6, 6.07) is 11.1. The number of rotatable bonds is 8. The second-order valence-corrected chi connectivity index (χ2v) is 17.9. The maximum atomic E-state index is 14.6. The van der Waals surface area contributed by atoms with Gasteiger partial charge in [0.05, 0.1) is 28.6 Å². The Labute approximate surface area is 306 Å². The number of hydrogen-bond acceptors (Lipinski definition) is 10. The fourth-order valence-electron chi connectivity index (χ4n) is 6.93. The molecule has 1 aromatic heterocycles. The summed E-state index contributed by atoms with van der Waals surface area (Å²) in [7, 11) is -2.37. The number of sulfonamides is 1. The average molecular weight is 756 g/mol. The van der Waals surface area contributed by atoms with Crippen molar-refractivity contribution in [1.29, 1.82) is 0 Å². The third-order valence-corrected chi connectivity index (χ3v) is 13.8. The SMILES string of the molecule is COc1cccc(N[C@H]2CCCCC/C=C\[C@@H]3C[C@@]3(C(=O)NS(=O)(=O)C3(C)CC3)NC(=O)[C@@H]3C[C@@H](Oc4nc5ccc(Cl)cc5s4)CN3C2=O)c1. The van der Waals surface area contributed by atoms with E-state index in [0.29, 0.717) is 40.9 Å². The second-order valence-electron chi connectivity index (χ2n) is 14.2. The molecule has 3 N–H and O–H groups in total. The number of nitrogens with zero attached hydrogens (tertiary/aromatic N) is 2. The molecule has 272 valence electrons. The van der Waals surface area contributed by atoms with Crippen molar-refractivity contribution in [3.05, 3.63) is 59.6 Å². The van der Waals surface area contributed by atoms with Crippen LogP contribution in [0.4, 0.5) is 5.69 Å². The lowest BCUT2D eigenvalue weighted by molar-refractivity contribution is -0.140. The van der Waals surface area contributed by atoms with Gasteiger partial charge in [-0.1, -0.05) is 54.0 Å². The van der Waals surface area contributed by atoms with Crippen LogP contribution < -0.4 is 24.8 Å². The maximum absolute atomic E-state index is 14.6. The number of anilines is 1. The zero-order chi connectivity index (χ0) is 36.0. The van der Waals surface area contributed by atoms with Crippen LogP contribution in [0.3, 0.4) is 0 Å². The van der Waals surface area contributed by atoms with Gasteiger partial charge in [-0.25, -0.2) is 13.4 Å². The van der Waals surface area contributed by atoms with Gasteiger partial charge in [0.25, 0.3) is 11.1 Å². The Kier molecular flexibility index (Phi) is 9.70. The number of aromatic nitrogens is 1. The van der Waals surface area contributed by atoms with Gasteiger partial charge in [0.1, 0.15) is 29.5 Å². The summed E-state index contributed by atoms with van der Waals surface area (Å²) < 4.78 is 40.1. The van der Waals surface area contributed by atoms with E-state index in [9.17, 15) is 22.8 Å². The van der Waals surface area contributed by atoms with E-state index in [1.54, 1.807) is 32.2 Å². The number of fused-ring (bicyclic) bond motifs is 3. The normalized spacial score (nSPS) is 28.3. The van der Waals surface area contributed by atoms with E-state index >= 15 is 0 Å². The van der Waals surface area contributed by atoms with E-state index in [2.05, 4.69) is 20.3 Å². The Morgan fingerprint density at radius 1 is 1.14 bits per heavy atom. The van der Waals surface area contributed by atoms with Crippen LogP contribution in [0.5, 0.6) is 10.9 Å². The Balaban J connectivity index is 1.19. The second kappa shape index (κ2) is 13.9. The molecule has 12 nitrogen and oxygen atoms in total. The van der Waals surface area contributed by atoms with Crippen LogP contribution in [0, 0.1) is 5.92 Å². The number of thiazole rings is 1. The molecule has 15 heteroatoms. The van der Waals surface area contributed by atoms with Gasteiger partial charge in [-0.3, -0.25) is 19.1 Å². The Hall–Kier alpha value is -3.88. The summed E-state index contributed by atoms with van der Waals surface area (Å²) in [6.45, 7) is 1.72. The fraction of sp³-hybridized carbons (Fsp3) is 0.500. The molecule has 0 unspecified atom stereocenters. The van der Waals surface area contributed by atoms with Crippen LogP contribution in [-0.2, 0) is 24.4 Å². The first-order chi connectivity index (χ1) is 24.4. The van der Waals surface area contributed by atoms with E-state index < -0.39 is 50.3 Å². The molecular weight excluding hydrogens is 714 g/mol. The van der Waals surface area contributed by atoms with Crippen molar-refractivity contribution in [2.45, 2.75) is 93.2 Å². The topological polar surface area (TPSA) is 156 Å². The van der Waals surface area contributed by atoms with Crippen molar-refractivity contribution < 1.29 is 32.3 Å². The van der Waals surface area contributed by atoms with Gasteiger partial charge >= 0.3 is 0 Å². The Morgan fingerprint density at radius 2 is 1.96 bits per heavy atom. The van der Waals surface area contributed by atoms with Gasteiger partial charge in [-0.15, -0.1) is 0 Å². The van der Waals surface area contributed by atoms with Gasteiger partial charge in [0.15, 0.2) is 0 Å². The fourth-order valence-corrected chi connectivity index (χ4v) is 9.40. The van der Waals surface area contributed by atoms with Crippen LogP contribution in [-0.4, -0.2) is 78.2 Å². The third-order valence-electron chi connectivity index (χ3n) is 10.5. The molecule has 51 heavy (non-hydrogen) atoms. The van der Waals surface area contributed by atoms with Gasteiger partial charge in [-0.2, -0.15) is 0 Å². The minimum absolute atomic E-state index is 0.110. The van der Waals surface area contributed by atoms with Crippen LogP contribution in [0.1, 0.15) is 64.7 Å². The highest BCUT2D eigenvalue weighted by atomic mass is 35.5. The minimum atomic E-state index is -3.95. The summed E-state index contributed by atoms with van der Waals surface area (Å²) in [5.74, 6) is -1.31. The van der Waals surface area contributed by atoms with Crippen molar-refractivity contribution in [2.24, 2.45) is 5.92 Å². The van der Waals surface area contributed by atoms with Gasteiger partial charge in [-0.05, 0) is 75.8 Å². The number of carbonyl (C=O) groups is 3. The number of halogens is 1. The summed E-state index contributed by atoms with van der Waals surface area (Å²) in [5, 5.41) is 7.29. The molecule has 2 aromatic carbocycles. The van der Waals surface area contributed by atoms with Gasteiger partial charge in [0.2, 0.25) is 21.8 Å². The third kappa shape index (κ3) is 7.40. The number of carbonyl (C=O) groups excluding carboxylic acids is 3. The molecule has 3 amide bonds. The smallest absolute Gasteiger partial charge is 0.274 e. The zero-order valence-electron chi connectivity index (χ0n) is 28.5. The summed E-state index contributed by atoms with van der Waals surface area (Å²) in [4.78, 5) is 48.8. The zero-order valence-corrected chi connectivity index (χ0v) is 30.9. The first-order valence-electron chi connectivity index (χ1n) is 17.4. The number of ether oxygens (including phenoxy) is 2. The van der Waals surface area contributed by atoms with E-state index in [1.165, 1.54) is 16.2 Å². The van der Waals surface area contributed by atoms with Crippen LogP contribution in [0.25, 0.3) is 10.2 Å². The van der Waals surface area contributed by atoms with E-state index in [0.717, 1.165) is 35.9 Å². The highest BCUT2D eigenvalue weighted by Gasteiger charge is 2.63. The number of hydrogen-bond donors (Lipinski definition) is 3. The van der Waals surface area contributed by atoms with Crippen molar-refractivity contribution in [1.82, 2.24) is 19.9 Å². The molecule has 3 aromatic rings. The standard InChI is InChI=1S/C36H42ClN5O7S2/c1-35(15-16-35)51(46,47)41-33(45)36-20-22(36)9-6-4-3-5-7-12-28(38-24-10-8-11-25(18-24)48-2)32(44)42-21-26(19-29(42)31(43)40-36)49-34-39-27-14-13-23(37)17-30(27)50-34/h6,8-11,13-14,17-18,22,26,28-29,38H,3-5,7,12,15-16,19-21H2,1-2H3,(H,40,43)(H,41,45)/b9-6-/t22-,26-,28+,29+,36-/m1/s1. The highest BCUT2D eigenvalue weighted by Crippen LogP contribution is 2.47. The number of amides is 3. The molecule has 5 atom stereocenters. The van der Waals surface area contributed by atoms with Crippen molar-refractivity contribution in [3.63, 3.8) is 0 Å². The molecule has 4 aliphatic rings. The average Bonchev–Trinajstić information content (AvgIpc) is 3.91. The molecule has 7 rings (SSSR count). The molecule has 2 aliphatic heterocycles. The highest BCUT2D eigenvalue weighted by molar-refractivity contribution is 7.91. The largest absolute Gasteiger partial charge is 0.497 e. The number of methoxy groups -OCH3 is 1. The molecule has 2 saturated carbocycles. The van der Waals surface area contributed by atoms with Gasteiger partial charge in [0, 0.05) is 29.1 Å². The number of allylic oxidation sites excluding steroid dienone is 1. The molecule has 1 saturated heterocycles. The van der Waals surface area contributed by atoms with E-state index in [-0.39, 0.29) is 31.2 Å². The first kappa shape index (κ1) is 35.5. The molecule has 2 aliphatic carbocycles. The maximum Gasteiger partial charge on any atom is 0.274 e. The predicted molar refractivity (Wildman–Crippen MR) is 195 cm³/mol. The van der Waals surface area contributed by atoms with E-state index in [1.807, 2.05) is 36.4 Å². The summed E-state index contributed by atoms with van der Waals surface area (Å²) in [6.07, 6.45) is 8.45. The lowest BCUT2D eigenvalue weighted by Crippen LogP contribution is -2.58. The van der Waals surface area contributed by atoms with Crippen LogP contribution >= 0.6 is 22.9 Å². The Morgan fingerprint density at radius 3 is 2.75 bits per heavy atom. The summed E-state index contributed by atoms with van der Waals surface area (Å²) in [5.41, 5.74) is -0.0271. The molecule has 0 bridgehead atoms. The molecular formula is C36H42ClN5O7S2. The van der Waals surface area contributed by atoms with Crippen molar-refractivity contribution in [3.8, 4) is 10.9 Å². The molecule has 3 heterocycles. The lowest BCUT2D eigenvalue weighted by Gasteiger charge is -2.30. The van der Waals surface area contributed by atoms with Crippen LogP contribution in [0.15, 0.2) is 54.6 Å². The first-order valence-corrected chi connectivity index (χ1v) is 20.1. The van der Waals surface area contributed by atoms with Gasteiger partial charge < -0.3 is 25.0 Å². The predicted octanol–water partition coefficient (Wildman–Crippen LogP) is 5.18. The number of nitrogens with one attached hydrogen (secondary N) is 3. The van der Waals surface area contributed by atoms with Crippen LogP contribution in [0.2, 0.25) is 5.02 Å². The van der Waals surface area contributed by atoms with E-state index in [4.69, 9.17) is 21.1 Å². The molecule has 0 radical (unpaired) electrons. The minimum Gasteiger partial charge on any atom is -0.497 e. The Bertz CT molecular complexity index is 1980. The quantitative estimate of drug-likeness (QED) is 0.264. The monoisotopic (exact) mass is 755 g/mol. The van der Waals surface area contributed by atoms with Crippen molar-refractivity contribution in [2.75, 3.05) is 19.0 Å². The summed E-state index contributed by atoms with van der Waals surface area (Å²) >= 11 is 7.52. The lowest BCUT2D eigenvalue weighted by atomic mass is 10.0. The number of benzene rings is 2. The molecule has 3 fully saturated rings.